The van der Waals surface area contributed by atoms with E-state index < -0.39 is 20.2 Å². The molecule has 0 N–H and O–H groups in total. The number of ketones is 1. The third-order valence-corrected chi connectivity index (χ3v) is 9.72. The van der Waals surface area contributed by atoms with Gasteiger partial charge in [-0.25, -0.2) is 8.42 Å². The van der Waals surface area contributed by atoms with Crippen LogP contribution < -0.4 is 0 Å². The van der Waals surface area contributed by atoms with Gasteiger partial charge < -0.3 is 9.47 Å². The second-order valence-electron chi connectivity index (χ2n) is 10.4. The molecule has 194 valence electrons. The Labute approximate surface area is 207 Å². The number of aromatic nitrogens is 1. The number of carbonyl (C=O) groups is 2. The molecule has 1 amide bonds. The normalized spacial score (nSPS) is 21.3. The lowest BCUT2D eigenvalue weighted by Crippen LogP contribution is -2.56. The number of halogens is 3. The highest BCUT2D eigenvalue weighted by Crippen LogP contribution is 2.49. The van der Waals surface area contributed by atoms with Crippen molar-refractivity contribution in [1.82, 2.24) is 14.4 Å². The van der Waals surface area contributed by atoms with Crippen LogP contribution in [0.15, 0.2) is 41.3 Å². The van der Waals surface area contributed by atoms with Crippen molar-refractivity contribution in [1.29, 1.82) is 0 Å². The van der Waals surface area contributed by atoms with Crippen molar-refractivity contribution in [3.8, 4) is 0 Å². The highest BCUT2D eigenvalue weighted by atomic mass is 32.2. The van der Waals surface area contributed by atoms with Gasteiger partial charge in [0.15, 0.2) is 5.78 Å². The van der Waals surface area contributed by atoms with Crippen LogP contribution in [0.1, 0.15) is 59.1 Å². The summed E-state index contributed by atoms with van der Waals surface area (Å²) in [6, 6.07) is 7.85. The van der Waals surface area contributed by atoms with E-state index in [2.05, 4.69) is 16.5 Å². The van der Waals surface area contributed by atoms with E-state index in [-0.39, 0.29) is 28.2 Å². The number of rotatable bonds is 4. The molecule has 0 bridgehead atoms. The fraction of sp³-hybridized carbons (Fsp3) is 0.520. The standard InChI is InChI=1S/C25H28F3N3O4S/c1-23(9-10-23)21(32)19-7-8-20-24(29(2)15-16-31(19)20)11-13-30(14-12-24)22(33)17-3-5-18(6-4-17)36(34,35)25(26,27)28/h3-8H,9-16H2,1-2H3. The summed E-state index contributed by atoms with van der Waals surface area (Å²) >= 11 is 0. The molecule has 1 aromatic carbocycles. The summed E-state index contributed by atoms with van der Waals surface area (Å²) < 4.78 is 63.7. The minimum absolute atomic E-state index is 0.137. The van der Waals surface area contributed by atoms with E-state index >= 15 is 0 Å². The Bertz CT molecular complexity index is 1320. The van der Waals surface area contributed by atoms with Crippen LogP contribution in [0.3, 0.4) is 0 Å². The molecule has 3 aliphatic rings. The van der Waals surface area contributed by atoms with Gasteiger partial charge in [0.1, 0.15) is 0 Å². The summed E-state index contributed by atoms with van der Waals surface area (Å²) in [6.07, 6.45) is 3.12. The number of amides is 1. The van der Waals surface area contributed by atoms with E-state index in [0.717, 1.165) is 61.6 Å². The second-order valence-corrected chi connectivity index (χ2v) is 12.3. The molecule has 2 aliphatic heterocycles. The van der Waals surface area contributed by atoms with Crippen molar-refractivity contribution < 1.29 is 31.2 Å². The maximum Gasteiger partial charge on any atom is 0.501 e. The van der Waals surface area contributed by atoms with Gasteiger partial charge in [-0.15, -0.1) is 0 Å². The van der Waals surface area contributed by atoms with Crippen LogP contribution in [0.5, 0.6) is 0 Å². The predicted octanol–water partition coefficient (Wildman–Crippen LogP) is 3.84. The van der Waals surface area contributed by atoms with Crippen LogP contribution >= 0.6 is 0 Å². The highest BCUT2D eigenvalue weighted by Gasteiger charge is 2.50. The lowest BCUT2D eigenvalue weighted by Gasteiger charge is -2.50. The van der Waals surface area contributed by atoms with Crippen molar-refractivity contribution in [3.63, 3.8) is 0 Å². The number of sulfone groups is 1. The van der Waals surface area contributed by atoms with Gasteiger partial charge in [0.05, 0.1) is 16.1 Å². The Hall–Kier alpha value is -2.66. The molecule has 11 heteroatoms. The Morgan fingerprint density at radius 3 is 2.06 bits per heavy atom. The van der Waals surface area contributed by atoms with Gasteiger partial charge in [-0.3, -0.25) is 14.5 Å². The number of fused-ring (bicyclic) bond motifs is 2. The van der Waals surface area contributed by atoms with Crippen LogP contribution in [0.2, 0.25) is 0 Å². The van der Waals surface area contributed by atoms with Crippen molar-refractivity contribution in [2.45, 2.75) is 55.1 Å². The zero-order valence-corrected chi connectivity index (χ0v) is 21.0. The first-order valence-electron chi connectivity index (χ1n) is 12.0. The summed E-state index contributed by atoms with van der Waals surface area (Å²) in [7, 11) is -3.41. The van der Waals surface area contributed by atoms with E-state index in [1.54, 1.807) is 4.90 Å². The SMILES string of the molecule is CN1CCn2c(C(=O)C3(C)CC3)ccc2C12CCN(C(=O)c1ccc(S(=O)(=O)C(F)(F)F)cc1)CC2. The average Bonchev–Trinajstić information content (AvgIpc) is 3.45. The first-order chi connectivity index (χ1) is 16.8. The summed E-state index contributed by atoms with van der Waals surface area (Å²) in [5.41, 5.74) is -4.00. The van der Waals surface area contributed by atoms with Gasteiger partial charge in [0.2, 0.25) is 0 Å². The molecular formula is C25H28F3N3O4S. The zero-order chi connectivity index (χ0) is 26.1. The maximum absolute atomic E-state index is 13.1. The Balaban J connectivity index is 1.33. The van der Waals surface area contributed by atoms with E-state index in [1.165, 1.54) is 0 Å². The summed E-state index contributed by atoms with van der Waals surface area (Å²) in [6.45, 7) is 4.38. The van der Waals surface area contributed by atoms with Gasteiger partial charge in [0, 0.05) is 42.9 Å². The lowest BCUT2D eigenvalue weighted by molar-refractivity contribution is -0.0436. The molecule has 0 unspecified atom stereocenters. The van der Waals surface area contributed by atoms with E-state index in [9.17, 15) is 31.2 Å². The van der Waals surface area contributed by atoms with Crippen LogP contribution in [0.4, 0.5) is 13.2 Å². The van der Waals surface area contributed by atoms with Crippen LogP contribution in [0, 0.1) is 5.41 Å². The molecule has 1 spiro atoms. The number of benzene rings is 1. The van der Waals surface area contributed by atoms with Gasteiger partial charge in [-0.1, -0.05) is 6.92 Å². The third kappa shape index (κ3) is 3.78. The number of nitrogens with zero attached hydrogens (tertiary/aromatic N) is 3. The molecule has 0 atom stereocenters. The highest BCUT2D eigenvalue weighted by molar-refractivity contribution is 7.92. The first kappa shape index (κ1) is 25.0. The van der Waals surface area contributed by atoms with Crippen LogP contribution in [0.25, 0.3) is 0 Å². The van der Waals surface area contributed by atoms with Crippen molar-refractivity contribution in [2.75, 3.05) is 26.7 Å². The van der Waals surface area contributed by atoms with Crippen molar-refractivity contribution >= 4 is 21.5 Å². The van der Waals surface area contributed by atoms with Gasteiger partial charge >= 0.3 is 5.51 Å². The number of hydrogen-bond donors (Lipinski definition) is 0. The maximum atomic E-state index is 13.1. The van der Waals surface area contributed by atoms with Gasteiger partial charge in [0.25, 0.3) is 15.7 Å². The number of likely N-dealkylation sites (N-methyl/N-ethyl adjacent to an activating group) is 1. The van der Waals surface area contributed by atoms with Gasteiger partial charge in [-0.05, 0) is 69.1 Å². The zero-order valence-electron chi connectivity index (χ0n) is 20.1. The third-order valence-electron chi connectivity index (χ3n) is 8.22. The molecule has 1 aromatic heterocycles. The monoisotopic (exact) mass is 523 g/mol. The largest absolute Gasteiger partial charge is 0.501 e. The number of Topliss-reactive ketones (excluding diaryl/α,β-unsaturated/α-hetero) is 1. The molecule has 3 heterocycles. The Morgan fingerprint density at radius 1 is 0.889 bits per heavy atom. The molecule has 0 radical (unpaired) electrons. The van der Waals surface area contributed by atoms with Crippen LogP contribution in [-0.4, -0.2) is 66.7 Å². The van der Waals surface area contributed by atoms with Crippen molar-refractivity contribution in [2.24, 2.45) is 5.41 Å². The Kier molecular flexibility index (Phi) is 5.68. The molecule has 2 fully saturated rings. The molecule has 5 rings (SSSR count). The molecule has 7 nitrogen and oxygen atoms in total. The summed E-state index contributed by atoms with van der Waals surface area (Å²) in [5, 5.41) is 0. The number of hydrogen-bond acceptors (Lipinski definition) is 5. The van der Waals surface area contributed by atoms with E-state index in [1.807, 2.05) is 19.1 Å². The van der Waals surface area contributed by atoms with E-state index in [4.69, 9.17) is 0 Å². The fourth-order valence-electron chi connectivity index (χ4n) is 5.51. The topological polar surface area (TPSA) is 79.7 Å². The lowest BCUT2D eigenvalue weighted by atomic mass is 9.81. The smallest absolute Gasteiger partial charge is 0.339 e. The fourth-order valence-corrected chi connectivity index (χ4v) is 6.27. The second kappa shape index (κ2) is 8.17. The molecular weight excluding hydrogens is 495 g/mol. The van der Waals surface area contributed by atoms with E-state index in [0.29, 0.717) is 25.9 Å². The summed E-state index contributed by atoms with van der Waals surface area (Å²) in [4.78, 5) is 29.2. The number of likely N-dealkylation sites (tertiary alicyclic amines) is 1. The predicted molar refractivity (Wildman–Crippen MR) is 125 cm³/mol. The molecule has 2 aromatic rings. The first-order valence-corrected chi connectivity index (χ1v) is 13.5. The number of alkyl halides is 3. The minimum Gasteiger partial charge on any atom is -0.339 e. The quantitative estimate of drug-likeness (QED) is 0.569. The minimum atomic E-state index is -5.46. The number of carbonyl (C=O) groups excluding carboxylic acids is 2. The molecule has 1 aliphatic carbocycles. The summed E-state index contributed by atoms with van der Waals surface area (Å²) in [5.74, 6) is -0.163. The average molecular weight is 524 g/mol. The van der Waals surface area contributed by atoms with Gasteiger partial charge in [-0.2, -0.15) is 13.2 Å². The molecule has 36 heavy (non-hydrogen) atoms. The number of piperidine rings is 1. The molecule has 1 saturated carbocycles. The van der Waals surface area contributed by atoms with Crippen LogP contribution in [-0.2, 0) is 21.9 Å². The van der Waals surface area contributed by atoms with Crippen molar-refractivity contribution in [3.05, 3.63) is 53.3 Å². The molecule has 1 saturated heterocycles. The Morgan fingerprint density at radius 2 is 1.50 bits per heavy atom.